The number of hydrogen-bond acceptors (Lipinski definition) is 0. The Morgan fingerprint density at radius 1 is 1.00 bits per heavy atom. The van der Waals surface area contributed by atoms with Gasteiger partial charge in [0, 0.05) is 15.6 Å². The van der Waals surface area contributed by atoms with Crippen LogP contribution in [0.1, 0.15) is 27.1 Å². The van der Waals surface area contributed by atoms with Crippen molar-refractivity contribution in [3.05, 3.63) is 68.4 Å². The zero-order chi connectivity index (χ0) is 14.2. The molecule has 4 heteroatoms. The van der Waals surface area contributed by atoms with E-state index in [1.807, 2.05) is 26.0 Å². The Balaban J connectivity index is 2.49. The van der Waals surface area contributed by atoms with Crippen LogP contribution in [0.2, 0.25) is 10.0 Å². The Morgan fingerprint density at radius 2 is 1.63 bits per heavy atom. The molecule has 0 aliphatic heterocycles. The summed E-state index contributed by atoms with van der Waals surface area (Å²) in [5.41, 5.74) is 3.61. The maximum absolute atomic E-state index is 13.9. The van der Waals surface area contributed by atoms with Crippen molar-refractivity contribution in [3.8, 4) is 0 Å². The molecule has 0 radical (unpaired) electrons. The molecule has 0 spiro atoms. The van der Waals surface area contributed by atoms with E-state index in [4.69, 9.17) is 23.2 Å². The number of benzene rings is 2. The van der Waals surface area contributed by atoms with Crippen LogP contribution in [0.3, 0.4) is 0 Å². The smallest absolute Gasteiger partial charge is 0.129 e. The molecule has 0 aliphatic carbocycles. The van der Waals surface area contributed by atoms with Gasteiger partial charge in [-0.1, -0.05) is 51.3 Å². The Morgan fingerprint density at radius 3 is 2.26 bits per heavy atom. The molecule has 2 aromatic carbocycles. The van der Waals surface area contributed by atoms with E-state index in [9.17, 15) is 4.39 Å². The van der Waals surface area contributed by atoms with Crippen molar-refractivity contribution >= 4 is 39.1 Å². The second-order valence-corrected chi connectivity index (χ2v) is 6.25. The fourth-order valence-corrected chi connectivity index (χ4v) is 3.24. The van der Waals surface area contributed by atoms with E-state index in [1.54, 1.807) is 12.1 Å². The van der Waals surface area contributed by atoms with Gasteiger partial charge in [0.05, 0.1) is 4.83 Å². The Labute approximate surface area is 130 Å². The predicted molar refractivity (Wildman–Crippen MR) is 83.1 cm³/mol. The molecule has 0 aliphatic rings. The lowest BCUT2D eigenvalue weighted by Gasteiger charge is -2.15. The van der Waals surface area contributed by atoms with Gasteiger partial charge in [0.2, 0.25) is 0 Å². The summed E-state index contributed by atoms with van der Waals surface area (Å²) in [6, 6.07) is 8.52. The molecule has 1 atom stereocenters. The van der Waals surface area contributed by atoms with Crippen LogP contribution in [0.4, 0.5) is 4.39 Å². The summed E-state index contributed by atoms with van der Waals surface area (Å²) in [4.78, 5) is -0.295. The van der Waals surface area contributed by atoms with Gasteiger partial charge < -0.3 is 0 Å². The van der Waals surface area contributed by atoms with Gasteiger partial charge in [-0.15, -0.1) is 0 Å². The highest BCUT2D eigenvalue weighted by molar-refractivity contribution is 9.09. The van der Waals surface area contributed by atoms with Crippen LogP contribution in [0.15, 0.2) is 30.3 Å². The molecule has 1 unspecified atom stereocenters. The Kier molecular flexibility index (Phi) is 4.54. The van der Waals surface area contributed by atoms with E-state index in [2.05, 4.69) is 15.9 Å². The van der Waals surface area contributed by atoms with Crippen LogP contribution in [-0.4, -0.2) is 0 Å². The summed E-state index contributed by atoms with van der Waals surface area (Å²) < 4.78 is 13.9. The van der Waals surface area contributed by atoms with Crippen molar-refractivity contribution in [1.29, 1.82) is 0 Å². The summed E-state index contributed by atoms with van der Waals surface area (Å²) >= 11 is 15.5. The third-order valence-electron chi connectivity index (χ3n) is 3.12. The Hall–Kier alpha value is -0.570. The summed E-state index contributed by atoms with van der Waals surface area (Å²) in [5.74, 6) is -0.344. The van der Waals surface area contributed by atoms with Gasteiger partial charge in [-0.2, -0.15) is 0 Å². The molecule has 0 bridgehead atoms. The van der Waals surface area contributed by atoms with Crippen molar-refractivity contribution in [2.24, 2.45) is 0 Å². The molecular formula is C15H12BrCl2F. The first kappa shape index (κ1) is 14.8. The highest BCUT2D eigenvalue weighted by Crippen LogP contribution is 2.38. The van der Waals surface area contributed by atoms with Crippen LogP contribution in [0, 0.1) is 19.7 Å². The average molecular weight is 362 g/mol. The topological polar surface area (TPSA) is 0 Å². The fourth-order valence-electron chi connectivity index (χ4n) is 1.87. The zero-order valence-corrected chi connectivity index (χ0v) is 13.6. The lowest BCUT2D eigenvalue weighted by atomic mass is 10.00. The van der Waals surface area contributed by atoms with Gasteiger partial charge in [0.15, 0.2) is 0 Å². The normalized spacial score (nSPS) is 12.5. The highest BCUT2D eigenvalue weighted by Gasteiger charge is 2.18. The first-order chi connectivity index (χ1) is 8.90. The first-order valence-corrected chi connectivity index (χ1v) is 7.43. The number of alkyl halides is 1. The van der Waals surface area contributed by atoms with E-state index >= 15 is 0 Å². The monoisotopic (exact) mass is 360 g/mol. The molecule has 0 nitrogen and oxygen atoms in total. The lowest BCUT2D eigenvalue weighted by molar-refractivity contribution is 0.613. The van der Waals surface area contributed by atoms with Crippen molar-refractivity contribution in [2.75, 3.05) is 0 Å². The number of hydrogen-bond donors (Lipinski definition) is 0. The molecule has 2 aromatic rings. The van der Waals surface area contributed by atoms with Gasteiger partial charge in [-0.05, 0) is 48.7 Å². The molecule has 2 rings (SSSR count). The number of aryl methyl sites for hydroxylation is 2. The van der Waals surface area contributed by atoms with Gasteiger partial charge >= 0.3 is 0 Å². The molecule has 0 amide bonds. The van der Waals surface area contributed by atoms with Gasteiger partial charge in [-0.3, -0.25) is 0 Å². The molecule has 0 heterocycles. The molecule has 19 heavy (non-hydrogen) atoms. The van der Waals surface area contributed by atoms with E-state index < -0.39 is 0 Å². The van der Waals surface area contributed by atoms with Crippen molar-refractivity contribution in [1.82, 2.24) is 0 Å². The van der Waals surface area contributed by atoms with Crippen molar-refractivity contribution in [3.63, 3.8) is 0 Å². The summed E-state index contributed by atoms with van der Waals surface area (Å²) in [6.07, 6.45) is 0. The largest absolute Gasteiger partial charge is 0.207 e. The van der Waals surface area contributed by atoms with Crippen LogP contribution in [0.5, 0.6) is 0 Å². The quantitative estimate of drug-likeness (QED) is 0.556. The van der Waals surface area contributed by atoms with E-state index in [1.165, 1.54) is 6.07 Å². The average Bonchev–Trinajstić information content (AvgIpc) is 2.33. The molecule has 0 saturated heterocycles. The SMILES string of the molecule is Cc1cc(Cl)c(C(Br)c2ccc(Cl)cc2F)cc1C. The first-order valence-electron chi connectivity index (χ1n) is 5.76. The predicted octanol–water partition coefficient (Wildman–Crippen LogP) is 6.23. The fraction of sp³-hybridized carbons (Fsp3) is 0.200. The second kappa shape index (κ2) is 5.82. The van der Waals surface area contributed by atoms with Crippen LogP contribution < -0.4 is 0 Å². The lowest BCUT2D eigenvalue weighted by Crippen LogP contribution is -1.99. The second-order valence-electron chi connectivity index (χ2n) is 4.49. The maximum atomic E-state index is 13.9. The summed E-state index contributed by atoms with van der Waals surface area (Å²) in [6.45, 7) is 4.00. The minimum atomic E-state index is -0.344. The molecule has 0 fully saturated rings. The van der Waals surface area contributed by atoms with Crippen LogP contribution in [-0.2, 0) is 0 Å². The molecular weight excluding hydrogens is 350 g/mol. The summed E-state index contributed by atoms with van der Waals surface area (Å²) in [5, 5.41) is 1.01. The maximum Gasteiger partial charge on any atom is 0.129 e. The Bertz CT molecular complexity index is 626. The van der Waals surface area contributed by atoms with E-state index in [0.29, 0.717) is 15.6 Å². The number of halogens is 4. The minimum Gasteiger partial charge on any atom is -0.207 e. The standard InChI is InChI=1S/C15H12BrCl2F/c1-8-5-12(13(18)6-9(8)2)15(16)11-4-3-10(17)7-14(11)19/h3-7,15H,1-2H3. The van der Waals surface area contributed by atoms with Gasteiger partial charge in [0.25, 0.3) is 0 Å². The van der Waals surface area contributed by atoms with Crippen LogP contribution >= 0.6 is 39.1 Å². The van der Waals surface area contributed by atoms with Gasteiger partial charge in [-0.25, -0.2) is 4.39 Å². The van der Waals surface area contributed by atoms with Crippen molar-refractivity contribution in [2.45, 2.75) is 18.7 Å². The molecule has 100 valence electrons. The number of rotatable bonds is 2. The molecule has 0 aromatic heterocycles. The molecule has 0 saturated carbocycles. The minimum absolute atomic E-state index is 0.295. The molecule has 0 N–H and O–H groups in total. The summed E-state index contributed by atoms with van der Waals surface area (Å²) in [7, 11) is 0. The van der Waals surface area contributed by atoms with Crippen molar-refractivity contribution < 1.29 is 4.39 Å². The van der Waals surface area contributed by atoms with Crippen LogP contribution in [0.25, 0.3) is 0 Å². The van der Waals surface area contributed by atoms with E-state index in [0.717, 1.165) is 16.7 Å². The third kappa shape index (κ3) is 3.13. The zero-order valence-electron chi connectivity index (χ0n) is 10.5. The van der Waals surface area contributed by atoms with Gasteiger partial charge in [0.1, 0.15) is 5.82 Å². The van der Waals surface area contributed by atoms with E-state index in [-0.39, 0.29) is 10.6 Å². The third-order valence-corrected chi connectivity index (χ3v) is 4.67. The highest BCUT2D eigenvalue weighted by atomic mass is 79.9.